The maximum atomic E-state index is 15.6. The monoisotopic (exact) mass is 487 g/mol. The third-order valence-corrected chi connectivity index (χ3v) is 6.56. The summed E-state index contributed by atoms with van der Waals surface area (Å²) in [6.45, 7) is 0. The van der Waals surface area contributed by atoms with Gasteiger partial charge in [0.05, 0.1) is 20.4 Å². The highest BCUT2D eigenvalue weighted by Crippen LogP contribution is 2.34. The van der Waals surface area contributed by atoms with Crippen LogP contribution in [-0.4, -0.2) is 44.1 Å². The molecule has 0 radical (unpaired) electrons. The van der Waals surface area contributed by atoms with Crippen LogP contribution in [0.5, 0.6) is 0 Å². The molecule has 3 aromatic heterocycles. The molecule has 0 saturated carbocycles. The molecule has 170 valence electrons. The number of aromatic nitrogens is 4. The molecule has 0 spiro atoms. The predicted octanol–water partition coefficient (Wildman–Crippen LogP) is 3.36. The zero-order valence-corrected chi connectivity index (χ0v) is 19.1. The van der Waals surface area contributed by atoms with E-state index in [1.54, 1.807) is 38.5 Å². The summed E-state index contributed by atoms with van der Waals surface area (Å²) in [5.74, 6) is 3.70. The Hall–Kier alpha value is -3.70. The van der Waals surface area contributed by atoms with E-state index in [0.717, 1.165) is 0 Å². The number of fused-ring (bicyclic) bond motifs is 1. The molecule has 0 amide bonds. The Labute approximate surface area is 193 Å². The van der Waals surface area contributed by atoms with E-state index >= 15 is 4.39 Å². The van der Waals surface area contributed by atoms with Gasteiger partial charge in [-0.05, 0) is 24.1 Å². The molecule has 12 heteroatoms. The van der Waals surface area contributed by atoms with Crippen LogP contribution in [0.25, 0.3) is 22.2 Å². The number of aromatic amines is 1. The molecule has 3 heterocycles. The van der Waals surface area contributed by atoms with E-state index in [0.29, 0.717) is 28.4 Å². The van der Waals surface area contributed by atoms with Crippen LogP contribution in [0.1, 0.15) is 0 Å². The number of pyridine rings is 2. The molecular weight excluding hydrogens is 469 g/mol. The maximum Gasteiger partial charge on any atom is 0.265 e. The first kappa shape index (κ1) is 22.5. The number of rotatable bonds is 6. The average Bonchev–Trinajstić information content (AvgIpc) is 2.80. The molecule has 0 aliphatic carbocycles. The fourth-order valence-electron chi connectivity index (χ4n) is 3.21. The van der Waals surface area contributed by atoms with Crippen LogP contribution in [-0.2, 0) is 9.71 Å². The number of H-pyrrole nitrogens is 1. The van der Waals surface area contributed by atoms with Gasteiger partial charge in [-0.15, -0.1) is 0 Å². The summed E-state index contributed by atoms with van der Waals surface area (Å²) < 4.78 is 31.3. The first-order valence-corrected chi connectivity index (χ1v) is 11.7. The lowest BCUT2D eigenvalue weighted by molar-refractivity contribution is 0.635. The van der Waals surface area contributed by atoms with Gasteiger partial charge < -0.3 is 20.3 Å². The Kier molecular flexibility index (Phi) is 5.91. The summed E-state index contributed by atoms with van der Waals surface area (Å²) in [4.78, 5) is 27.3. The second-order valence-corrected chi connectivity index (χ2v) is 9.38. The SMILES string of the molecule is C=S(=O)(Nc1cccc(-c2cc3cnc(NC)nc3nc2NC)c1F)c1cc(Cl)c[nH]c1=O. The second-order valence-electron chi connectivity index (χ2n) is 6.95. The van der Waals surface area contributed by atoms with Gasteiger partial charge in [0.1, 0.15) is 10.7 Å². The summed E-state index contributed by atoms with van der Waals surface area (Å²) in [5.41, 5.74) is 0.323. The van der Waals surface area contributed by atoms with Crippen LogP contribution < -0.4 is 20.9 Å². The van der Waals surface area contributed by atoms with Crippen molar-refractivity contribution >= 4 is 55.7 Å². The van der Waals surface area contributed by atoms with Gasteiger partial charge in [0, 0.05) is 43.0 Å². The van der Waals surface area contributed by atoms with Gasteiger partial charge in [-0.1, -0.05) is 23.7 Å². The van der Waals surface area contributed by atoms with Crippen LogP contribution in [0.4, 0.5) is 21.8 Å². The Morgan fingerprint density at radius 2 is 1.94 bits per heavy atom. The average molecular weight is 488 g/mol. The largest absolute Gasteiger partial charge is 0.373 e. The van der Waals surface area contributed by atoms with Crippen LogP contribution in [0.15, 0.2) is 52.4 Å². The Bertz CT molecular complexity index is 1540. The van der Waals surface area contributed by atoms with E-state index in [1.807, 2.05) is 0 Å². The standard InChI is InChI=1S/C21H19ClFN7O2S/c1-24-19-14(7-11-9-27-21(25-2)29-18(11)28-19)13-5-4-6-15(17(13)23)30-33(3,32)16-8-12(22)10-26-20(16)31/h4-10H,3H2,1-2H3,(H,26,31)(H,30,32)(H2,24,25,27,28,29). The van der Waals surface area contributed by atoms with Crippen molar-refractivity contribution in [3.05, 3.63) is 63.9 Å². The summed E-state index contributed by atoms with van der Waals surface area (Å²) in [5, 5.41) is 6.57. The molecule has 1 atom stereocenters. The van der Waals surface area contributed by atoms with Crippen molar-refractivity contribution in [2.24, 2.45) is 0 Å². The van der Waals surface area contributed by atoms with Crippen molar-refractivity contribution in [2.45, 2.75) is 4.90 Å². The van der Waals surface area contributed by atoms with E-state index in [4.69, 9.17) is 11.6 Å². The van der Waals surface area contributed by atoms with E-state index in [2.05, 4.69) is 41.2 Å². The Balaban J connectivity index is 1.81. The van der Waals surface area contributed by atoms with Gasteiger partial charge in [0.15, 0.2) is 11.5 Å². The van der Waals surface area contributed by atoms with Crippen molar-refractivity contribution in [1.29, 1.82) is 0 Å². The molecule has 4 N–H and O–H groups in total. The number of hydrogen-bond donors (Lipinski definition) is 4. The van der Waals surface area contributed by atoms with Gasteiger partial charge in [0.2, 0.25) is 5.95 Å². The molecule has 0 bridgehead atoms. The zero-order valence-electron chi connectivity index (χ0n) is 17.6. The molecule has 0 fully saturated rings. The van der Waals surface area contributed by atoms with Gasteiger partial charge in [-0.3, -0.25) is 4.79 Å². The maximum absolute atomic E-state index is 15.6. The van der Waals surface area contributed by atoms with Crippen LogP contribution in [0.3, 0.4) is 0 Å². The molecule has 0 aliphatic rings. The predicted molar refractivity (Wildman–Crippen MR) is 131 cm³/mol. The minimum atomic E-state index is -3.42. The smallest absolute Gasteiger partial charge is 0.265 e. The molecule has 9 nitrogen and oxygen atoms in total. The van der Waals surface area contributed by atoms with Crippen LogP contribution >= 0.6 is 11.6 Å². The molecule has 1 aromatic carbocycles. The molecule has 33 heavy (non-hydrogen) atoms. The van der Waals surface area contributed by atoms with Gasteiger partial charge in [-0.2, -0.15) is 4.98 Å². The zero-order chi connectivity index (χ0) is 23.8. The minimum absolute atomic E-state index is 0.101. The molecule has 4 rings (SSSR count). The summed E-state index contributed by atoms with van der Waals surface area (Å²) >= 11 is 5.91. The molecular formula is C21H19ClFN7O2S. The molecule has 0 aliphatic heterocycles. The first-order valence-electron chi connectivity index (χ1n) is 9.59. The van der Waals surface area contributed by atoms with E-state index in [9.17, 15) is 9.00 Å². The van der Waals surface area contributed by atoms with Gasteiger partial charge in [-0.25, -0.2) is 18.6 Å². The Morgan fingerprint density at radius 1 is 1.15 bits per heavy atom. The first-order chi connectivity index (χ1) is 15.7. The van der Waals surface area contributed by atoms with Crippen molar-refractivity contribution in [2.75, 3.05) is 29.5 Å². The van der Waals surface area contributed by atoms with Crippen molar-refractivity contribution < 1.29 is 8.60 Å². The van der Waals surface area contributed by atoms with E-state index < -0.39 is 21.1 Å². The summed E-state index contributed by atoms with van der Waals surface area (Å²) in [7, 11) is -0.0689. The number of nitrogens with one attached hydrogen (secondary N) is 4. The summed E-state index contributed by atoms with van der Waals surface area (Å²) in [6, 6.07) is 7.49. The van der Waals surface area contributed by atoms with Crippen LogP contribution in [0.2, 0.25) is 5.02 Å². The van der Waals surface area contributed by atoms with Crippen LogP contribution in [0, 0.1) is 5.82 Å². The quantitative estimate of drug-likeness (QED) is 0.307. The highest BCUT2D eigenvalue weighted by Gasteiger charge is 2.19. The van der Waals surface area contributed by atoms with Gasteiger partial charge in [0.25, 0.3) is 5.56 Å². The number of hydrogen-bond acceptors (Lipinski definition) is 7. The number of benzene rings is 1. The molecule has 0 saturated heterocycles. The topological polar surface area (TPSA) is 125 Å². The number of halogens is 2. The lowest BCUT2D eigenvalue weighted by atomic mass is 10.0. The van der Waals surface area contributed by atoms with Crippen molar-refractivity contribution in [3.63, 3.8) is 0 Å². The highest BCUT2D eigenvalue weighted by molar-refractivity contribution is 8.01. The lowest BCUT2D eigenvalue weighted by Gasteiger charge is -2.16. The second kappa shape index (κ2) is 8.68. The fourth-order valence-corrected chi connectivity index (χ4v) is 4.74. The highest BCUT2D eigenvalue weighted by atomic mass is 35.5. The third kappa shape index (κ3) is 4.32. The van der Waals surface area contributed by atoms with Gasteiger partial charge >= 0.3 is 0 Å². The Morgan fingerprint density at radius 3 is 2.67 bits per heavy atom. The number of nitrogens with zero attached hydrogens (tertiary/aromatic N) is 3. The summed E-state index contributed by atoms with van der Waals surface area (Å²) in [6.07, 6.45) is 2.84. The third-order valence-electron chi connectivity index (χ3n) is 4.78. The number of anilines is 3. The minimum Gasteiger partial charge on any atom is -0.373 e. The fraction of sp³-hybridized carbons (Fsp3) is 0.0952. The molecule has 1 unspecified atom stereocenters. The van der Waals surface area contributed by atoms with E-state index in [1.165, 1.54) is 18.3 Å². The van der Waals surface area contributed by atoms with E-state index in [-0.39, 0.29) is 21.2 Å². The molecule has 4 aromatic rings. The van der Waals surface area contributed by atoms with Crippen molar-refractivity contribution in [1.82, 2.24) is 19.9 Å². The lowest BCUT2D eigenvalue weighted by Crippen LogP contribution is -2.23. The normalized spacial score (nSPS) is 12.8. The van der Waals surface area contributed by atoms with Crippen molar-refractivity contribution in [3.8, 4) is 11.1 Å².